The predicted octanol–water partition coefficient (Wildman–Crippen LogP) is 3.71. The molecule has 0 bridgehead atoms. The fourth-order valence-corrected chi connectivity index (χ4v) is 1.64. The van der Waals surface area contributed by atoms with Crippen LogP contribution in [0.5, 0.6) is 5.75 Å². The normalized spacial score (nSPS) is 10.6. The monoisotopic (exact) mass is 256 g/mol. The van der Waals surface area contributed by atoms with Gasteiger partial charge in [0, 0.05) is 6.42 Å². The summed E-state index contributed by atoms with van der Waals surface area (Å²) in [5, 5.41) is 9.06. The predicted molar refractivity (Wildman–Crippen MR) is 67.9 cm³/mol. The Balaban J connectivity index is 2.52. The van der Waals surface area contributed by atoms with Gasteiger partial charge in [-0.25, -0.2) is 0 Å². The first-order valence-electron chi connectivity index (χ1n) is 5.64. The molecule has 0 heterocycles. The molecule has 3 nitrogen and oxygen atoms in total. The van der Waals surface area contributed by atoms with Crippen LogP contribution in [-0.4, -0.2) is 17.7 Å². The lowest BCUT2D eigenvalue weighted by Gasteiger charge is -2.10. The molecular formula is C13H17ClO3. The van der Waals surface area contributed by atoms with Crippen molar-refractivity contribution in [3.05, 3.63) is 28.8 Å². The highest BCUT2D eigenvalue weighted by Gasteiger charge is 2.06. The number of halogens is 1. The van der Waals surface area contributed by atoms with Crippen LogP contribution < -0.4 is 4.74 Å². The van der Waals surface area contributed by atoms with Gasteiger partial charge in [0.1, 0.15) is 5.75 Å². The second-order valence-corrected chi connectivity index (χ2v) is 4.60. The van der Waals surface area contributed by atoms with Crippen LogP contribution in [0, 0.1) is 0 Å². The molecule has 0 saturated carbocycles. The molecule has 4 heteroatoms. The van der Waals surface area contributed by atoms with Gasteiger partial charge in [-0.2, -0.15) is 0 Å². The van der Waals surface area contributed by atoms with Gasteiger partial charge in [0.05, 0.1) is 11.6 Å². The number of aliphatic carboxylic acids is 1. The molecule has 1 rings (SSSR count). The standard InChI is InChI=1S/C13H17ClO3/c1-9(2)10-5-6-12(11(14)8-10)17-7-3-4-13(15)16/h5-6,8-9H,3-4,7H2,1-2H3,(H,15,16). The van der Waals surface area contributed by atoms with Crippen LogP contribution in [0.15, 0.2) is 18.2 Å². The molecule has 0 aliphatic rings. The lowest BCUT2D eigenvalue weighted by molar-refractivity contribution is -0.137. The summed E-state index contributed by atoms with van der Waals surface area (Å²) >= 11 is 6.07. The second-order valence-electron chi connectivity index (χ2n) is 4.19. The molecule has 1 N–H and O–H groups in total. The summed E-state index contributed by atoms with van der Waals surface area (Å²) in [6.07, 6.45) is 0.597. The van der Waals surface area contributed by atoms with Gasteiger partial charge in [-0.05, 0) is 30.0 Å². The fourth-order valence-electron chi connectivity index (χ4n) is 1.40. The molecule has 0 aromatic heterocycles. The van der Waals surface area contributed by atoms with Crippen molar-refractivity contribution in [3.8, 4) is 5.75 Å². The quantitative estimate of drug-likeness (QED) is 0.790. The molecule has 1 aromatic carbocycles. The van der Waals surface area contributed by atoms with Crippen molar-refractivity contribution in [1.29, 1.82) is 0 Å². The SMILES string of the molecule is CC(C)c1ccc(OCCCC(=O)O)c(Cl)c1. The summed E-state index contributed by atoms with van der Waals surface area (Å²) in [4.78, 5) is 10.3. The molecular weight excluding hydrogens is 240 g/mol. The average molecular weight is 257 g/mol. The summed E-state index contributed by atoms with van der Waals surface area (Å²) < 4.78 is 5.43. The highest BCUT2D eigenvalue weighted by atomic mass is 35.5. The van der Waals surface area contributed by atoms with Gasteiger partial charge < -0.3 is 9.84 Å². The van der Waals surface area contributed by atoms with Gasteiger partial charge in [-0.15, -0.1) is 0 Å². The summed E-state index contributed by atoms with van der Waals surface area (Å²) in [5.41, 5.74) is 1.16. The van der Waals surface area contributed by atoms with Crippen LogP contribution in [0.1, 0.15) is 38.2 Å². The van der Waals surface area contributed by atoms with Crippen molar-refractivity contribution in [3.63, 3.8) is 0 Å². The molecule has 0 amide bonds. The number of rotatable bonds is 6. The van der Waals surface area contributed by atoms with Crippen molar-refractivity contribution in [2.75, 3.05) is 6.61 Å². The molecule has 0 atom stereocenters. The highest BCUT2D eigenvalue weighted by molar-refractivity contribution is 6.32. The van der Waals surface area contributed by atoms with E-state index in [0.29, 0.717) is 29.7 Å². The van der Waals surface area contributed by atoms with Crippen molar-refractivity contribution < 1.29 is 14.6 Å². The van der Waals surface area contributed by atoms with E-state index in [1.807, 2.05) is 18.2 Å². The number of carboxylic acid groups (broad SMARTS) is 1. The summed E-state index contributed by atoms with van der Waals surface area (Å²) in [6.45, 7) is 4.56. The number of hydrogen-bond acceptors (Lipinski definition) is 2. The largest absolute Gasteiger partial charge is 0.492 e. The van der Waals surface area contributed by atoms with E-state index in [-0.39, 0.29) is 6.42 Å². The van der Waals surface area contributed by atoms with Crippen LogP contribution >= 0.6 is 11.6 Å². The minimum absolute atomic E-state index is 0.113. The lowest BCUT2D eigenvalue weighted by atomic mass is 10.0. The Labute approximate surface area is 106 Å². The maximum atomic E-state index is 10.3. The van der Waals surface area contributed by atoms with Gasteiger partial charge in [0.25, 0.3) is 0 Å². The Kier molecular flexibility index (Phi) is 5.29. The fraction of sp³-hybridized carbons (Fsp3) is 0.462. The van der Waals surface area contributed by atoms with Crippen LogP contribution in [0.3, 0.4) is 0 Å². The first-order valence-corrected chi connectivity index (χ1v) is 6.02. The van der Waals surface area contributed by atoms with Crippen LogP contribution in [0.4, 0.5) is 0 Å². The van der Waals surface area contributed by atoms with E-state index in [9.17, 15) is 4.79 Å². The number of ether oxygens (including phenoxy) is 1. The van der Waals surface area contributed by atoms with Crippen LogP contribution in [0.25, 0.3) is 0 Å². The van der Waals surface area contributed by atoms with E-state index in [1.54, 1.807) is 0 Å². The van der Waals surface area contributed by atoms with Gasteiger partial charge >= 0.3 is 5.97 Å². The first kappa shape index (κ1) is 13.8. The van der Waals surface area contributed by atoms with Crippen molar-refractivity contribution >= 4 is 17.6 Å². The molecule has 0 fully saturated rings. The van der Waals surface area contributed by atoms with E-state index in [4.69, 9.17) is 21.4 Å². The van der Waals surface area contributed by atoms with Crippen molar-refractivity contribution in [2.45, 2.75) is 32.6 Å². The third-order valence-corrected chi connectivity index (χ3v) is 2.71. The van der Waals surface area contributed by atoms with Crippen LogP contribution in [0.2, 0.25) is 5.02 Å². The van der Waals surface area contributed by atoms with Gasteiger partial charge in [0.15, 0.2) is 0 Å². The average Bonchev–Trinajstić information content (AvgIpc) is 2.25. The zero-order valence-electron chi connectivity index (χ0n) is 10.1. The third kappa shape index (κ3) is 4.65. The Morgan fingerprint density at radius 1 is 1.47 bits per heavy atom. The van der Waals surface area contributed by atoms with E-state index in [2.05, 4.69) is 13.8 Å². The number of carboxylic acids is 1. The van der Waals surface area contributed by atoms with E-state index in [1.165, 1.54) is 0 Å². The smallest absolute Gasteiger partial charge is 0.303 e. The molecule has 17 heavy (non-hydrogen) atoms. The molecule has 1 aromatic rings. The lowest BCUT2D eigenvalue weighted by Crippen LogP contribution is -2.02. The number of hydrogen-bond donors (Lipinski definition) is 1. The molecule has 0 saturated heterocycles. The molecule has 0 aliphatic carbocycles. The summed E-state index contributed by atoms with van der Waals surface area (Å²) in [5.74, 6) is 0.227. The second kappa shape index (κ2) is 6.50. The number of benzene rings is 1. The van der Waals surface area contributed by atoms with Gasteiger partial charge in [-0.1, -0.05) is 31.5 Å². The minimum Gasteiger partial charge on any atom is -0.492 e. The zero-order valence-corrected chi connectivity index (χ0v) is 10.8. The van der Waals surface area contributed by atoms with E-state index >= 15 is 0 Å². The van der Waals surface area contributed by atoms with E-state index < -0.39 is 5.97 Å². The van der Waals surface area contributed by atoms with Crippen molar-refractivity contribution in [2.24, 2.45) is 0 Å². The van der Waals surface area contributed by atoms with E-state index in [0.717, 1.165) is 5.56 Å². The Hall–Kier alpha value is -1.22. The molecule has 0 unspecified atom stereocenters. The number of carbonyl (C=O) groups is 1. The Morgan fingerprint density at radius 3 is 2.71 bits per heavy atom. The maximum Gasteiger partial charge on any atom is 0.303 e. The van der Waals surface area contributed by atoms with Gasteiger partial charge in [0.2, 0.25) is 0 Å². The topological polar surface area (TPSA) is 46.5 Å². The molecule has 0 spiro atoms. The minimum atomic E-state index is -0.810. The van der Waals surface area contributed by atoms with Crippen LogP contribution in [-0.2, 0) is 4.79 Å². The maximum absolute atomic E-state index is 10.3. The van der Waals surface area contributed by atoms with Crippen molar-refractivity contribution in [1.82, 2.24) is 0 Å². The molecule has 94 valence electrons. The first-order chi connectivity index (χ1) is 8.00. The third-order valence-electron chi connectivity index (χ3n) is 2.42. The zero-order chi connectivity index (χ0) is 12.8. The van der Waals surface area contributed by atoms with Gasteiger partial charge in [-0.3, -0.25) is 4.79 Å². The molecule has 0 radical (unpaired) electrons. The summed E-state index contributed by atoms with van der Waals surface area (Å²) in [6, 6.07) is 5.69. The highest BCUT2D eigenvalue weighted by Crippen LogP contribution is 2.28. The Bertz CT molecular complexity index is 388. The Morgan fingerprint density at radius 2 is 2.18 bits per heavy atom. The summed E-state index contributed by atoms with van der Waals surface area (Å²) in [7, 11) is 0. The molecule has 0 aliphatic heterocycles.